The second-order valence-corrected chi connectivity index (χ2v) is 5.20. The Hall–Kier alpha value is -0.820. The normalized spacial score (nSPS) is 19.3. The highest BCUT2D eigenvalue weighted by atomic mass is 15.1. The SMILES string of the molecule is c1ccc(CCN2CCCCCCCC2)cc1. The average molecular weight is 231 g/mol. The van der Waals surface area contributed by atoms with Crippen molar-refractivity contribution in [2.75, 3.05) is 19.6 Å². The van der Waals surface area contributed by atoms with Crippen molar-refractivity contribution in [2.24, 2.45) is 0 Å². The fraction of sp³-hybridized carbons (Fsp3) is 0.625. The molecule has 1 aliphatic heterocycles. The Morgan fingerprint density at radius 3 is 2.00 bits per heavy atom. The van der Waals surface area contributed by atoms with Crippen LogP contribution in [0.2, 0.25) is 0 Å². The lowest BCUT2D eigenvalue weighted by Crippen LogP contribution is -2.28. The van der Waals surface area contributed by atoms with E-state index in [9.17, 15) is 0 Å². The number of hydrogen-bond donors (Lipinski definition) is 0. The molecule has 17 heavy (non-hydrogen) atoms. The lowest BCUT2D eigenvalue weighted by molar-refractivity contribution is 0.272. The first-order valence-electron chi connectivity index (χ1n) is 7.21. The van der Waals surface area contributed by atoms with Gasteiger partial charge in [0.2, 0.25) is 0 Å². The third-order valence-corrected chi connectivity index (χ3v) is 3.76. The number of hydrogen-bond acceptors (Lipinski definition) is 1. The molecule has 1 nitrogen and oxygen atoms in total. The summed E-state index contributed by atoms with van der Waals surface area (Å²) < 4.78 is 0. The van der Waals surface area contributed by atoms with Crippen LogP contribution in [0.1, 0.15) is 44.1 Å². The monoisotopic (exact) mass is 231 g/mol. The summed E-state index contributed by atoms with van der Waals surface area (Å²) in [6.07, 6.45) is 9.77. The Labute approximate surface area is 106 Å². The minimum absolute atomic E-state index is 1.21. The maximum absolute atomic E-state index is 2.66. The van der Waals surface area contributed by atoms with E-state index in [-0.39, 0.29) is 0 Å². The topological polar surface area (TPSA) is 3.24 Å². The molecule has 94 valence electrons. The molecule has 0 N–H and O–H groups in total. The standard InChI is InChI=1S/C16H25N/c1-2-4-9-14-17(13-8-3-1)15-12-16-10-6-5-7-11-16/h5-7,10-11H,1-4,8-9,12-15H2. The van der Waals surface area contributed by atoms with Gasteiger partial charge in [0, 0.05) is 6.54 Å². The van der Waals surface area contributed by atoms with Gasteiger partial charge in [-0.05, 0) is 37.9 Å². The summed E-state index contributed by atoms with van der Waals surface area (Å²) in [5, 5.41) is 0. The van der Waals surface area contributed by atoms with Crippen molar-refractivity contribution in [3.63, 3.8) is 0 Å². The highest BCUT2D eigenvalue weighted by molar-refractivity contribution is 5.14. The van der Waals surface area contributed by atoms with E-state index in [1.54, 1.807) is 0 Å². The molecule has 1 aromatic rings. The zero-order valence-electron chi connectivity index (χ0n) is 10.9. The Bertz CT molecular complexity index is 284. The van der Waals surface area contributed by atoms with E-state index in [1.165, 1.54) is 70.1 Å². The van der Waals surface area contributed by atoms with Crippen LogP contribution in [-0.4, -0.2) is 24.5 Å². The third-order valence-electron chi connectivity index (χ3n) is 3.76. The number of nitrogens with zero attached hydrogens (tertiary/aromatic N) is 1. The molecule has 0 saturated carbocycles. The Morgan fingerprint density at radius 2 is 1.35 bits per heavy atom. The molecular weight excluding hydrogens is 206 g/mol. The van der Waals surface area contributed by atoms with Gasteiger partial charge < -0.3 is 4.90 Å². The fourth-order valence-electron chi connectivity index (χ4n) is 2.65. The lowest BCUT2D eigenvalue weighted by Gasteiger charge is -2.21. The van der Waals surface area contributed by atoms with Crippen molar-refractivity contribution >= 4 is 0 Å². The van der Waals surface area contributed by atoms with E-state index in [0.717, 1.165) is 0 Å². The van der Waals surface area contributed by atoms with Gasteiger partial charge in [0.1, 0.15) is 0 Å². The van der Waals surface area contributed by atoms with E-state index >= 15 is 0 Å². The van der Waals surface area contributed by atoms with Crippen LogP contribution < -0.4 is 0 Å². The van der Waals surface area contributed by atoms with Crippen LogP contribution >= 0.6 is 0 Å². The van der Waals surface area contributed by atoms with Crippen LogP contribution in [-0.2, 0) is 6.42 Å². The van der Waals surface area contributed by atoms with E-state index < -0.39 is 0 Å². The maximum Gasteiger partial charge on any atom is 0.00218 e. The minimum Gasteiger partial charge on any atom is -0.303 e. The number of rotatable bonds is 3. The molecule has 1 heterocycles. The van der Waals surface area contributed by atoms with Gasteiger partial charge in [0.05, 0.1) is 0 Å². The summed E-state index contributed by atoms with van der Waals surface area (Å²) in [4.78, 5) is 2.66. The highest BCUT2D eigenvalue weighted by Crippen LogP contribution is 2.11. The molecule has 0 radical (unpaired) electrons. The van der Waals surface area contributed by atoms with Crippen molar-refractivity contribution in [1.29, 1.82) is 0 Å². The maximum atomic E-state index is 2.66. The van der Waals surface area contributed by atoms with Crippen LogP contribution in [0.4, 0.5) is 0 Å². The van der Waals surface area contributed by atoms with Crippen LogP contribution in [0.25, 0.3) is 0 Å². The first-order chi connectivity index (χ1) is 8.45. The molecule has 1 aliphatic rings. The summed E-state index contributed by atoms with van der Waals surface area (Å²) in [5.74, 6) is 0. The molecule has 0 unspecified atom stereocenters. The molecule has 1 saturated heterocycles. The first-order valence-corrected chi connectivity index (χ1v) is 7.21. The summed E-state index contributed by atoms with van der Waals surface area (Å²) in [7, 11) is 0. The zero-order chi connectivity index (χ0) is 11.8. The van der Waals surface area contributed by atoms with E-state index in [4.69, 9.17) is 0 Å². The molecular formula is C16H25N. The number of benzene rings is 1. The summed E-state index contributed by atoms with van der Waals surface area (Å²) in [5.41, 5.74) is 1.48. The smallest absolute Gasteiger partial charge is 0.00218 e. The molecule has 1 aromatic carbocycles. The molecule has 1 heteroatoms. The van der Waals surface area contributed by atoms with Gasteiger partial charge in [-0.25, -0.2) is 0 Å². The molecule has 1 fully saturated rings. The van der Waals surface area contributed by atoms with E-state index in [2.05, 4.69) is 35.2 Å². The van der Waals surface area contributed by atoms with Crippen LogP contribution in [0, 0.1) is 0 Å². The van der Waals surface area contributed by atoms with E-state index in [1.807, 2.05) is 0 Å². The summed E-state index contributed by atoms with van der Waals surface area (Å²) >= 11 is 0. The second kappa shape index (κ2) is 7.50. The van der Waals surface area contributed by atoms with Gasteiger partial charge >= 0.3 is 0 Å². The van der Waals surface area contributed by atoms with Crippen LogP contribution in [0.15, 0.2) is 30.3 Å². The Morgan fingerprint density at radius 1 is 0.765 bits per heavy atom. The van der Waals surface area contributed by atoms with Gasteiger partial charge in [-0.3, -0.25) is 0 Å². The third kappa shape index (κ3) is 4.91. The quantitative estimate of drug-likeness (QED) is 0.763. The summed E-state index contributed by atoms with van der Waals surface area (Å²) in [6, 6.07) is 10.9. The molecule has 0 spiro atoms. The second-order valence-electron chi connectivity index (χ2n) is 5.20. The van der Waals surface area contributed by atoms with Gasteiger partial charge in [0.15, 0.2) is 0 Å². The van der Waals surface area contributed by atoms with Crippen molar-refractivity contribution < 1.29 is 0 Å². The molecule has 0 amide bonds. The van der Waals surface area contributed by atoms with E-state index in [0.29, 0.717) is 0 Å². The molecule has 0 atom stereocenters. The van der Waals surface area contributed by atoms with Gasteiger partial charge in [-0.15, -0.1) is 0 Å². The van der Waals surface area contributed by atoms with Gasteiger partial charge in [-0.2, -0.15) is 0 Å². The largest absolute Gasteiger partial charge is 0.303 e. The predicted molar refractivity (Wildman–Crippen MR) is 74.3 cm³/mol. The first kappa shape index (κ1) is 12.6. The zero-order valence-corrected chi connectivity index (χ0v) is 10.9. The Balaban J connectivity index is 1.76. The van der Waals surface area contributed by atoms with Crippen molar-refractivity contribution in [3.8, 4) is 0 Å². The lowest BCUT2D eigenvalue weighted by atomic mass is 10.1. The molecule has 0 bridgehead atoms. The van der Waals surface area contributed by atoms with Crippen molar-refractivity contribution in [3.05, 3.63) is 35.9 Å². The minimum atomic E-state index is 1.21. The Kier molecular flexibility index (Phi) is 5.57. The average Bonchev–Trinajstić information content (AvgIpc) is 2.51. The van der Waals surface area contributed by atoms with Gasteiger partial charge in [-0.1, -0.05) is 56.0 Å². The molecule has 0 aliphatic carbocycles. The van der Waals surface area contributed by atoms with Gasteiger partial charge in [0.25, 0.3) is 0 Å². The fourth-order valence-corrected chi connectivity index (χ4v) is 2.65. The molecule has 0 aromatic heterocycles. The van der Waals surface area contributed by atoms with Crippen molar-refractivity contribution in [1.82, 2.24) is 4.90 Å². The summed E-state index contributed by atoms with van der Waals surface area (Å²) in [6.45, 7) is 3.86. The van der Waals surface area contributed by atoms with Crippen LogP contribution in [0.3, 0.4) is 0 Å². The van der Waals surface area contributed by atoms with Crippen LogP contribution in [0.5, 0.6) is 0 Å². The molecule has 2 rings (SSSR count). The van der Waals surface area contributed by atoms with Crippen molar-refractivity contribution in [2.45, 2.75) is 44.9 Å². The highest BCUT2D eigenvalue weighted by Gasteiger charge is 2.07. The predicted octanol–water partition coefficient (Wildman–Crippen LogP) is 3.89.